The summed E-state index contributed by atoms with van der Waals surface area (Å²) in [6, 6.07) is 0. The van der Waals surface area contributed by atoms with E-state index in [9.17, 15) is 9.59 Å². The highest BCUT2D eigenvalue weighted by Gasteiger charge is 1.97. The fourth-order valence-corrected chi connectivity index (χ4v) is 0.588. The Kier molecular flexibility index (Phi) is 8.85. The summed E-state index contributed by atoms with van der Waals surface area (Å²) in [5.41, 5.74) is 0. The molecule has 0 radical (unpaired) electrons. The number of rotatable bonds is 9. The van der Waals surface area contributed by atoms with Gasteiger partial charge in [0, 0.05) is 12.2 Å². The minimum Gasteiger partial charge on any atom is -0.460 e. The first-order valence-electron chi connectivity index (χ1n) is 4.53. The largest absolute Gasteiger partial charge is 0.460 e. The van der Waals surface area contributed by atoms with E-state index in [-0.39, 0.29) is 26.4 Å². The van der Waals surface area contributed by atoms with Crippen LogP contribution >= 0.6 is 0 Å². The number of carbonyl (C=O) groups excluding carboxylic acids is 2. The Balaban J connectivity index is 3.15. The molecule has 0 spiro atoms. The van der Waals surface area contributed by atoms with Crippen molar-refractivity contribution < 1.29 is 28.8 Å². The Labute approximate surface area is 93.4 Å². The lowest BCUT2D eigenvalue weighted by atomic mass is 10.6. The summed E-state index contributed by atoms with van der Waals surface area (Å²) in [7, 11) is 0. The standard InChI is InChI=1S/C10H14O6/c1-3-9(11)13-5-7-15-16-8-6-14-10(12)4-2/h3-4H,1-2,5-8H2. The van der Waals surface area contributed by atoms with Crippen LogP contribution in [0.15, 0.2) is 25.3 Å². The van der Waals surface area contributed by atoms with Crippen LogP contribution in [0.2, 0.25) is 0 Å². The van der Waals surface area contributed by atoms with Gasteiger partial charge in [-0.3, -0.25) is 0 Å². The lowest BCUT2D eigenvalue weighted by Gasteiger charge is -2.04. The molecular weight excluding hydrogens is 216 g/mol. The van der Waals surface area contributed by atoms with Crippen LogP contribution < -0.4 is 0 Å². The van der Waals surface area contributed by atoms with Crippen molar-refractivity contribution in [2.24, 2.45) is 0 Å². The normalized spacial score (nSPS) is 9.25. The Morgan fingerprint density at radius 1 is 0.812 bits per heavy atom. The average molecular weight is 230 g/mol. The quantitative estimate of drug-likeness (QED) is 0.188. The van der Waals surface area contributed by atoms with Gasteiger partial charge in [-0.1, -0.05) is 13.2 Å². The summed E-state index contributed by atoms with van der Waals surface area (Å²) in [6.45, 7) is 6.76. The zero-order chi connectivity index (χ0) is 12.2. The van der Waals surface area contributed by atoms with Gasteiger partial charge in [0.15, 0.2) is 0 Å². The molecule has 0 aromatic rings. The first-order chi connectivity index (χ1) is 7.70. The van der Waals surface area contributed by atoms with Gasteiger partial charge in [-0.25, -0.2) is 19.4 Å². The van der Waals surface area contributed by atoms with Crippen molar-refractivity contribution >= 4 is 11.9 Å². The maximum Gasteiger partial charge on any atom is 0.330 e. The third-order valence-electron chi connectivity index (χ3n) is 1.24. The molecule has 0 bridgehead atoms. The predicted molar refractivity (Wildman–Crippen MR) is 54.2 cm³/mol. The Hall–Kier alpha value is -1.66. The maximum absolute atomic E-state index is 10.6. The van der Waals surface area contributed by atoms with Gasteiger partial charge < -0.3 is 9.47 Å². The molecular formula is C10H14O6. The lowest BCUT2D eigenvalue weighted by molar-refractivity contribution is -0.301. The molecule has 6 heteroatoms. The third-order valence-corrected chi connectivity index (χ3v) is 1.24. The van der Waals surface area contributed by atoms with E-state index in [0.717, 1.165) is 12.2 Å². The number of hydrogen-bond acceptors (Lipinski definition) is 6. The van der Waals surface area contributed by atoms with Crippen LogP contribution in [0.1, 0.15) is 0 Å². The van der Waals surface area contributed by atoms with E-state index in [1.807, 2.05) is 0 Å². The van der Waals surface area contributed by atoms with E-state index in [2.05, 4.69) is 32.4 Å². The summed E-state index contributed by atoms with van der Waals surface area (Å²) >= 11 is 0. The van der Waals surface area contributed by atoms with Crippen molar-refractivity contribution in [1.82, 2.24) is 0 Å². The maximum atomic E-state index is 10.6. The van der Waals surface area contributed by atoms with Gasteiger partial charge in [-0.15, -0.1) is 0 Å². The molecule has 0 fully saturated rings. The minimum atomic E-state index is -0.525. The molecule has 0 unspecified atom stereocenters. The fraction of sp³-hybridized carbons (Fsp3) is 0.400. The van der Waals surface area contributed by atoms with Gasteiger partial charge in [0.2, 0.25) is 0 Å². The van der Waals surface area contributed by atoms with E-state index in [1.54, 1.807) is 0 Å². The zero-order valence-electron chi connectivity index (χ0n) is 8.85. The molecule has 0 atom stereocenters. The minimum absolute atomic E-state index is 0.0668. The Morgan fingerprint density at radius 2 is 1.19 bits per heavy atom. The second-order valence-corrected chi connectivity index (χ2v) is 2.39. The number of esters is 2. The number of ether oxygens (including phenoxy) is 2. The lowest BCUT2D eigenvalue weighted by Crippen LogP contribution is -2.12. The van der Waals surface area contributed by atoms with Crippen molar-refractivity contribution in [1.29, 1.82) is 0 Å². The molecule has 90 valence electrons. The molecule has 0 N–H and O–H groups in total. The summed E-state index contributed by atoms with van der Waals surface area (Å²) < 4.78 is 9.19. The molecule has 0 aromatic carbocycles. The van der Waals surface area contributed by atoms with E-state index in [0.29, 0.717) is 0 Å². The predicted octanol–water partition coefficient (Wildman–Crippen LogP) is 0.393. The van der Waals surface area contributed by atoms with Gasteiger partial charge in [0.1, 0.15) is 26.4 Å². The summed E-state index contributed by atoms with van der Waals surface area (Å²) in [5, 5.41) is 0. The van der Waals surface area contributed by atoms with E-state index in [4.69, 9.17) is 0 Å². The molecule has 0 aromatic heterocycles. The van der Waals surface area contributed by atoms with Crippen LogP contribution in [0.5, 0.6) is 0 Å². The second kappa shape index (κ2) is 9.88. The Morgan fingerprint density at radius 3 is 1.50 bits per heavy atom. The highest BCUT2D eigenvalue weighted by Crippen LogP contribution is 1.85. The highest BCUT2D eigenvalue weighted by atomic mass is 17.2. The molecule has 0 aliphatic carbocycles. The van der Waals surface area contributed by atoms with Gasteiger partial charge in [0.05, 0.1) is 0 Å². The smallest absolute Gasteiger partial charge is 0.330 e. The van der Waals surface area contributed by atoms with Crippen LogP contribution in [0.3, 0.4) is 0 Å². The molecule has 0 saturated carbocycles. The monoisotopic (exact) mass is 230 g/mol. The van der Waals surface area contributed by atoms with Crippen LogP contribution in [-0.2, 0) is 28.8 Å². The first-order valence-corrected chi connectivity index (χ1v) is 4.53. The van der Waals surface area contributed by atoms with Gasteiger partial charge in [-0.2, -0.15) is 0 Å². The molecule has 0 rings (SSSR count). The summed E-state index contributed by atoms with van der Waals surface area (Å²) in [6.07, 6.45) is 2.10. The molecule has 0 aliphatic rings. The number of carbonyl (C=O) groups is 2. The van der Waals surface area contributed by atoms with Gasteiger partial charge in [0.25, 0.3) is 0 Å². The molecule has 6 nitrogen and oxygen atoms in total. The molecule has 0 aliphatic heterocycles. The average Bonchev–Trinajstić information content (AvgIpc) is 2.31. The van der Waals surface area contributed by atoms with Crippen LogP contribution in [-0.4, -0.2) is 38.4 Å². The van der Waals surface area contributed by atoms with Crippen molar-refractivity contribution in [2.45, 2.75) is 0 Å². The first kappa shape index (κ1) is 14.3. The fourth-order valence-electron chi connectivity index (χ4n) is 0.588. The van der Waals surface area contributed by atoms with Crippen molar-refractivity contribution in [2.75, 3.05) is 26.4 Å². The zero-order valence-corrected chi connectivity index (χ0v) is 8.85. The Bertz CT molecular complexity index is 222. The number of hydrogen-bond donors (Lipinski definition) is 0. The van der Waals surface area contributed by atoms with E-state index < -0.39 is 11.9 Å². The van der Waals surface area contributed by atoms with Gasteiger partial charge in [-0.05, 0) is 0 Å². The van der Waals surface area contributed by atoms with Crippen LogP contribution in [0.4, 0.5) is 0 Å². The SMILES string of the molecule is C=CC(=O)OCCOOCCOC(=O)C=C. The summed E-state index contributed by atoms with van der Waals surface area (Å²) in [4.78, 5) is 30.3. The summed E-state index contributed by atoms with van der Waals surface area (Å²) in [5.74, 6) is -1.05. The second-order valence-electron chi connectivity index (χ2n) is 2.39. The van der Waals surface area contributed by atoms with Crippen LogP contribution in [0.25, 0.3) is 0 Å². The topological polar surface area (TPSA) is 71.1 Å². The van der Waals surface area contributed by atoms with Crippen molar-refractivity contribution in [3.8, 4) is 0 Å². The molecule has 0 amide bonds. The van der Waals surface area contributed by atoms with Crippen molar-refractivity contribution in [3.05, 3.63) is 25.3 Å². The van der Waals surface area contributed by atoms with Crippen molar-refractivity contribution in [3.63, 3.8) is 0 Å². The van der Waals surface area contributed by atoms with E-state index in [1.165, 1.54) is 0 Å². The molecule has 0 heterocycles. The van der Waals surface area contributed by atoms with Crippen LogP contribution in [0, 0.1) is 0 Å². The third kappa shape index (κ3) is 8.92. The highest BCUT2D eigenvalue weighted by molar-refractivity contribution is 5.81. The van der Waals surface area contributed by atoms with E-state index >= 15 is 0 Å². The molecule has 16 heavy (non-hydrogen) atoms. The van der Waals surface area contributed by atoms with Gasteiger partial charge >= 0.3 is 11.9 Å². The molecule has 0 saturated heterocycles.